The van der Waals surface area contributed by atoms with Gasteiger partial charge in [-0.05, 0) is 31.2 Å². The second kappa shape index (κ2) is 6.83. The summed E-state index contributed by atoms with van der Waals surface area (Å²) in [6.45, 7) is 6.06. The monoisotopic (exact) mass is 315 g/mol. The molecule has 1 aliphatic rings. The first-order valence-corrected chi connectivity index (χ1v) is 7.89. The molecule has 0 saturated carbocycles. The number of nitrogens with zero attached hydrogens (tertiary/aromatic N) is 3. The van der Waals surface area contributed by atoms with Crippen LogP contribution in [0.5, 0.6) is 0 Å². The van der Waals surface area contributed by atoms with Gasteiger partial charge in [-0.15, -0.1) is 0 Å². The molecule has 1 fully saturated rings. The van der Waals surface area contributed by atoms with E-state index < -0.39 is 0 Å². The quantitative estimate of drug-likeness (QED) is 0.627. The summed E-state index contributed by atoms with van der Waals surface area (Å²) in [6, 6.07) is 11.2. The van der Waals surface area contributed by atoms with Crippen molar-refractivity contribution in [3.05, 3.63) is 58.5 Å². The summed E-state index contributed by atoms with van der Waals surface area (Å²) < 4.78 is 5.42. The lowest BCUT2D eigenvalue weighted by molar-refractivity contribution is -0.384. The zero-order chi connectivity index (χ0) is 16.2. The molecule has 0 N–H and O–H groups in total. The van der Waals surface area contributed by atoms with Gasteiger partial charge in [0.2, 0.25) is 0 Å². The van der Waals surface area contributed by atoms with Crippen LogP contribution in [0.15, 0.2) is 47.1 Å². The lowest BCUT2D eigenvalue weighted by Gasteiger charge is -2.39. The van der Waals surface area contributed by atoms with Crippen LogP contribution in [0.25, 0.3) is 0 Å². The fourth-order valence-electron chi connectivity index (χ4n) is 3.06. The summed E-state index contributed by atoms with van der Waals surface area (Å²) in [4.78, 5) is 15.1. The highest BCUT2D eigenvalue weighted by Gasteiger charge is 2.22. The molecule has 0 spiro atoms. The van der Waals surface area contributed by atoms with E-state index in [2.05, 4.69) is 16.7 Å². The third kappa shape index (κ3) is 3.71. The minimum absolute atomic E-state index is 0.138. The fourth-order valence-corrected chi connectivity index (χ4v) is 3.06. The smallest absolute Gasteiger partial charge is 0.269 e. The number of benzene rings is 1. The van der Waals surface area contributed by atoms with Crippen LogP contribution in [0.4, 0.5) is 11.4 Å². The number of hydrogen-bond donors (Lipinski definition) is 0. The second-order valence-electron chi connectivity index (χ2n) is 5.93. The van der Waals surface area contributed by atoms with Crippen molar-refractivity contribution in [3.63, 3.8) is 0 Å². The molecule has 0 radical (unpaired) electrons. The summed E-state index contributed by atoms with van der Waals surface area (Å²) in [5, 5.41) is 10.7. The molecular formula is C17H21N3O3. The zero-order valence-electron chi connectivity index (χ0n) is 13.2. The zero-order valence-corrected chi connectivity index (χ0v) is 13.2. The van der Waals surface area contributed by atoms with Gasteiger partial charge in [-0.2, -0.15) is 0 Å². The number of piperazine rings is 1. The minimum Gasteiger partial charge on any atom is -0.469 e. The third-order valence-corrected chi connectivity index (χ3v) is 4.44. The van der Waals surface area contributed by atoms with Crippen LogP contribution in [-0.2, 0) is 6.42 Å². The van der Waals surface area contributed by atoms with E-state index in [4.69, 9.17) is 4.42 Å². The Bertz CT molecular complexity index is 632. The van der Waals surface area contributed by atoms with E-state index in [-0.39, 0.29) is 10.6 Å². The van der Waals surface area contributed by atoms with E-state index in [0.29, 0.717) is 6.04 Å². The molecule has 0 aliphatic carbocycles. The highest BCUT2D eigenvalue weighted by atomic mass is 16.6. The van der Waals surface area contributed by atoms with Gasteiger partial charge in [0.1, 0.15) is 5.76 Å². The molecule has 2 heterocycles. The highest BCUT2D eigenvalue weighted by molar-refractivity contribution is 5.51. The Kier molecular flexibility index (Phi) is 4.62. The minimum atomic E-state index is -0.363. The number of furan rings is 1. The molecule has 3 rings (SSSR count). The van der Waals surface area contributed by atoms with Crippen LogP contribution in [0, 0.1) is 10.1 Å². The van der Waals surface area contributed by atoms with E-state index in [0.717, 1.165) is 44.0 Å². The number of non-ortho nitro benzene ring substituents is 1. The predicted octanol–water partition coefficient (Wildman–Crippen LogP) is 2.94. The molecule has 1 aromatic carbocycles. The SMILES string of the molecule is CC(Cc1ccco1)N1CCN(c2ccc([N+](=O)[O-])cc2)CC1. The van der Waals surface area contributed by atoms with E-state index in [1.165, 1.54) is 0 Å². The van der Waals surface area contributed by atoms with E-state index in [1.807, 2.05) is 24.3 Å². The van der Waals surface area contributed by atoms with Gasteiger partial charge in [-0.25, -0.2) is 0 Å². The van der Waals surface area contributed by atoms with Gasteiger partial charge in [0.15, 0.2) is 0 Å². The van der Waals surface area contributed by atoms with Gasteiger partial charge in [0.05, 0.1) is 11.2 Å². The summed E-state index contributed by atoms with van der Waals surface area (Å²) in [7, 11) is 0. The van der Waals surface area contributed by atoms with Crippen LogP contribution in [0.2, 0.25) is 0 Å². The number of rotatable bonds is 5. The maximum absolute atomic E-state index is 10.7. The Hall–Kier alpha value is -2.34. The summed E-state index contributed by atoms with van der Waals surface area (Å²) in [5.41, 5.74) is 1.19. The second-order valence-corrected chi connectivity index (χ2v) is 5.93. The number of nitro groups is 1. The molecule has 0 bridgehead atoms. The van der Waals surface area contributed by atoms with Crippen LogP contribution in [-0.4, -0.2) is 42.0 Å². The van der Waals surface area contributed by atoms with Crippen LogP contribution in [0.3, 0.4) is 0 Å². The molecule has 6 heteroatoms. The average Bonchev–Trinajstić information content (AvgIpc) is 3.08. The molecule has 23 heavy (non-hydrogen) atoms. The first-order valence-electron chi connectivity index (χ1n) is 7.89. The van der Waals surface area contributed by atoms with E-state index in [1.54, 1.807) is 18.4 Å². The third-order valence-electron chi connectivity index (χ3n) is 4.44. The van der Waals surface area contributed by atoms with E-state index >= 15 is 0 Å². The highest BCUT2D eigenvalue weighted by Crippen LogP contribution is 2.21. The van der Waals surface area contributed by atoms with Crippen molar-refractivity contribution < 1.29 is 9.34 Å². The van der Waals surface area contributed by atoms with Crippen molar-refractivity contribution in [1.82, 2.24) is 4.90 Å². The van der Waals surface area contributed by atoms with Crippen molar-refractivity contribution in [1.29, 1.82) is 0 Å². The van der Waals surface area contributed by atoms with Gasteiger partial charge in [-0.3, -0.25) is 15.0 Å². The lowest BCUT2D eigenvalue weighted by atomic mass is 10.1. The Labute approximate surface area is 135 Å². The summed E-state index contributed by atoms with van der Waals surface area (Å²) >= 11 is 0. The Morgan fingerprint density at radius 2 is 1.87 bits per heavy atom. The average molecular weight is 315 g/mol. The van der Waals surface area contributed by atoms with Crippen LogP contribution >= 0.6 is 0 Å². The fraction of sp³-hybridized carbons (Fsp3) is 0.412. The molecule has 1 saturated heterocycles. The van der Waals surface area contributed by atoms with Gasteiger partial charge >= 0.3 is 0 Å². The molecule has 1 unspecified atom stereocenters. The van der Waals surface area contributed by atoms with Gasteiger partial charge in [0.25, 0.3) is 5.69 Å². The molecule has 2 aromatic rings. The number of nitro benzene ring substituents is 1. The normalized spacial score (nSPS) is 17.2. The first kappa shape index (κ1) is 15.6. The van der Waals surface area contributed by atoms with Crippen molar-refractivity contribution in [3.8, 4) is 0 Å². The Balaban J connectivity index is 1.54. The molecule has 1 aromatic heterocycles. The van der Waals surface area contributed by atoms with Crippen molar-refractivity contribution >= 4 is 11.4 Å². The molecule has 122 valence electrons. The lowest BCUT2D eigenvalue weighted by Crippen LogP contribution is -2.50. The molecule has 1 aliphatic heterocycles. The van der Waals surface area contributed by atoms with Gasteiger partial charge < -0.3 is 9.32 Å². The van der Waals surface area contributed by atoms with Crippen molar-refractivity contribution in [2.45, 2.75) is 19.4 Å². The Morgan fingerprint density at radius 3 is 2.43 bits per heavy atom. The number of anilines is 1. The number of hydrogen-bond acceptors (Lipinski definition) is 5. The molecule has 0 amide bonds. The predicted molar refractivity (Wildman–Crippen MR) is 88.8 cm³/mol. The molecule has 6 nitrogen and oxygen atoms in total. The van der Waals surface area contributed by atoms with Crippen molar-refractivity contribution in [2.24, 2.45) is 0 Å². The largest absolute Gasteiger partial charge is 0.469 e. The first-order chi connectivity index (χ1) is 11.1. The summed E-state index contributed by atoms with van der Waals surface area (Å²) in [5.74, 6) is 1.02. The standard InChI is InChI=1S/C17H21N3O3/c1-14(13-17-3-2-12-23-17)18-8-10-19(11-9-18)15-4-6-16(7-5-15)20(21)22/h2-7,12,14H,8-11,13H2,1H3. The maximum Gasteiger partial charge on any atom is 0.269 e. The van der Waals surface area contributed by atoms with E-state index in [9.17, 15) is 10.1 Å². The van der Waals surface area contributed by atoms with Gasteiger partial charge in [-0.1, -0.05) is 0 Å². The molecular weight excluding hydrogens is 294 g/mol. The summed E-state index contributed by atoms with van der Waals surface area (Å²) in [6.07, 6.45) is 2.64. The van der Waals surface area contributed by atoms with Crippen molar-refractivity contribution in [2.75, 3.05) is 31.1 Å². The van der Waals surface area contributed by atoms with Crippen LogP contribution < -0.4 is 4.90 Å². The van der Waals surface area contributed by atoms with Crippen LogP contribution in [0.1, 0.15) is 12.7 Å². The maximum atomic E-state index is 10.7. The Morgan fingerprint density at radius 1 is 1.17 bits per heavy atom. The molecule has 1 atom stereocenters. The van der Waals surface area contributed by atoms with Gasteiger partial charge in [0, 0.05) is 56.5 Å². The topological polar surface area (TPSA) is 62.8 Å².